The van der Waals surface area contributed by atoms with E-state index in [9.17, 15) is 14.4 Å². The summed E-state index contributed by atoms with van der Waals surface area (Å²) in [5.74, 6) is 0. The van der Waals surface area contributed by atoms with Crippen LogP contribution in [-0.2, 0) is 9.09 Å². The smallest absolute Gasteiger partial charge is 0.790 e. The molecule has 1 unspecified atom stereocenters. The predicted octanol–water partition coefficient (Wildman–Crippen LogP) is -6.00. The Kier molecular flexibility index (Phi) is 18.1. The van der Waals surface area contributed by atoms with Crippen molar-refractivity contribution in [1.29, 1.82) is 0 Å². The molecular weight excluding hydrogens is 337 g/mol. The maximum Gasteiger partial charge on any atom is 1.00 e. The summed E-state index contributed by atoms with van der Waals surface area (Å²) in [7, 11) is -4.78. The van der Waals surface area contributed by atoms with Gasteiger partial charge >= 0.3 is 59.1 Å². The Labute approximate surface area is 132 Å². The van der Waals surface area contributed by atoms with Gasteiger partial charge < -0.3 is 18.9 Å². The summed E-state index contributed by atoms with van der Waals surface area (Å²) in [5.41, 5.74) is 0. The van der Waals surface area contributed by atoms with E-state index >= 15 is 0 Å². The Bertz CT molecular complexity index is 142. The van der Waals surface area contributed by atoms with Crippen LogP contribution in [0.5, 0.6) is 0 Å². The third-order valence-electron chi connectivity index (χ3n) is 0.581. The second-order valence-electron chi connectivity index (χ2n) is 1.49. The molecule has 0 radical (unpaired) electrons. The molecule has 4 nitrogen and oxygen atoms in total. The number of phosphoric ester groups is 1. The molecular formula is C3H5Br2Na2O4P. The van der Waals surface area contributed by atoms with E-state index in [2.05, 4.69) is 36.4 Å². The first kappa shape index (κ1) is 20.5. The minimum atomic E-state index is -4.78. The van der Waals surface area contributed by atoms with E-state index in [1.807, 2.05) is 0 Å². The molecule has 0 aromatic carbocycles. The van der Waals surface area contributed by atoms with Crippen LogP contribution in [0.1, 0.15) is 0 Å². The predicted molar refractivity (Wildman–Crippen MR) is 40.1 cm³/mol. The molecule has 9 heteroatoms. The van der Waals surface area contributed by atoms with Crippen LogP contribution in [-0.4, -0.2) is 16.8 Å². The van der Waals surface area contributed by atoms with Gasteiger partial charge in [-0.1, -0.05) is 31.9 Å². The van der Waals surface area contributed by atoms with Crippen molar-refractivity contribution in [3.05, 3.63) is 0 Å². The van der Waals surface area contributed by atoms with Gasteiger partial charge in [-0.25, -0.2) is 0 Å². The van der Waals surface area contributed by atoms with Gasteiger partial charge in [-0.05, 0) is 0 Å². The summed E-state index contributed by atoms with van der Waals surface area (Å²) in [6.45, 7) is -0.129. The van der Waals surface area contributed by atoms with Gasteiger partial charge in [-0.15, -0.1) is 0 Å². The molecule has 0 N–H and O–H groups in total. The maximum absolute atomic E-state index is 9.87. The maximum atomic E-state index is 9.87. The Morgan fingerprint density at radius 1 is 1.42 bits per heavy atom. The van der Waals surface area contributed by atoms with Crippen molar-refractivity contribution in [1.82, 2.24) is 0 Å². The average Bonchev–Trinajstić information content (AvgIpc) is 1.81. The number of rotatable bonds is 4. The number of alkyl halides is 2. The van der Waals surface area contributed by atoms with Crippen molar-refractivity contribution in [2.45, 2.75) is 4.83 Å². The van der Waals surface area contributed by atoms with Gasteiger partial charge in [-0.2, -0.15) is 0 Å². The fraction of sp³-hybridized carbons (Fsp3) is 1.00. The van der Waals surface area contributed by atoms with Crippen LogP contribution < -0.4 is 68.9 Å². The zero-order chi connectivity index (χ0) is 8.20. The average molecular weight is 342 g/mol. The van der Waals surface area contributed by atoms with Crippen molar-refractivity contribution in [2.24, 2.45) is 0 Å². The van der Waals surface area contributed by atoms with E-state index in [1.165, 1.54) is 0 Å². The SMILES string of the molecule is O=P([O-])([O-])OCC(Br)CBr.[Na+].[Na+]. The third-order valence-corrected chi connectivity index (χ3v) is 3.28. The van der Waals surface area contributed by atoms with Gasteiger partial charge in [0.25, 0.3) is 0 Å². The summed E-state index contributed by atoms with van der Waals surface area (Å²) in [5, 5.41) is 0.535. The van der Waals surface area contributed by atoms with Gasteiger partial charge in [0.15, 0.2) is 0 Å². The molecule has 0 aromatic heterocycles. The third kappa shape index (κ3) is 15.5. The number of hydrogen-bond acceptors (Lipinski definition) is 4. The topological polar surface area (TPSA) is 72.4 Å². The van der Waals surface area contributed by atoms with E-state index in [4.69, 9.17) is 0 Å². The quantitative estimate of drug-likeness (QED) is 0.290. The van der Waals surface area contributed by atoms with Gasteiger partial charge in [0.2, 0.25) is 0 Å². The summed E-state index contributed by atoms with van der Waals surface area (Å²) >= 11 is 6.12. The molecule has 1 atom stereocenters. The molecule has 0 spiro atoms. The molecule has 0 aliphatic carbocycles. The van der Waals surface area contributed by atoms with Crippen LogP contribution in [0.3, 0.4) is 0 Å². The van der Waals surface area contributed by atoms with Crippen LogP contribution >= 0.6 is 39.7 Å². The zero-order valence-electron chi connectivity index (χ0n) is 6.83. The minimum Gasteiger partial charge on any atom is -0.790 e. The first-order chi connectivity index (χ1) is 4.45. The molecule has 0 amide bonds. The molecule has 0 rings (SSSR count). The van der Waals surface area contributed by atoms with Crippen LogP contribution in [0.15, 0.2) is 0 Å². The molecule has 0 fully saturated rings. The molecule has 0 aromatic rings. The molecule has 12 heavy (non-hydrogen) atoms. The number of phosphoric acid groups is 1. The van der Waals surface area contributed by atoms with Crippen molar-refractivity contribution in [3.8, 4) is 0 Å². The molecule has 62 valence electrons. The molecule has 0 bridgehead atoms. The standard InChI is InChI=1S/C3H7Br2O4P.2Na/c4-1-3(5)2-9-10(6,7)8;;/h3H,1-2H2,(H2,6,7,8);;/q;2*+1/p-2. The molecule has 0 saturated carbocycles. The van der Waals surface area contributed by atoms with Gasteiger partial charge in [0.1, 0.15) is 0 Å². The van der Waals surface area contributed by atoms with Crippen molar-refractivity contribution in [3.63, 3.8) is 0 Å². The van der Waals surface area contributed by atoms with E-state index in [0.29, 0.717) is 5.33 Å². The van der Waals surface area contributed by atoms with E-state index < -0.39 is 7.82 Å². The van der Waals surface area contributed by atoms with Gasteiger partial charge in [0, 0.05) is 10.2 Å². The molecule has 0 saturated heterocycles. The van der Waals surface area contributed by atoms with Crippen molar-refractivity contribution >= 4 is 39.7 Å². The fourth-order valence-electron chi connectivity index (χ4n) is 0.217. The Hall–Kier alpha value is 3.07. The first-order valence-electron chi connectivity index (χ1n) is 2.32. The van der Waals surface area contributed by atoms with E-state index in [-0.39, 0.29) is 70.5 Å². The number of hydrogen-bond donors (Lipinski definition) is 0. The van der Waals surface area contributed by atoms with Crippen LogP contribution in [0.4, 0.5) is 0 Å². The van der Waals surface area contributed by atoms with Crippen LogP contribution in [0, 0.1) is 0 Å². The largest absolute Gasteiger partial charge is 1.00 e. The second-order valence-corrected chi connectivity index (χ2v) is 4.59. The van der Waals surface area contributed by atoms with Gasteiger partial charge in [0.05, 0.1) is 14.4 Å². The normalized spacial score (nSPS) is 12.7. The molecule has 0 heterocycles. The molecule has 0 aliphatic rings. The van der Waals surface area contributed by atoms with Crippen LogP contribution in [0.25, 0.3) is 0 Å². The monoisotopic (exact) mass is 340 g/mol. The Morgan fingerprint density at radius 2 is 1.83 bits per heavy atom. The van der Waals surface area contributed by atoms with Crippen molar-refractivity contribution < 1.29 is 78.0 Å². The number of halogens is 2. The van der Waals surface area contributed by atoms with Crippen LogP contribution in [0.2, 0.25) is 0 Å². The summed E-state index contributed by atoms with van der Waals surface area (Å²) in [6.07, 6.45) is 0. The Balaban J connectivity index is -0.000000405. The molecule has 0 aliphatic heterocycles. The minimum absolute atomic E-state index is 0. The summed E-state index contributed by atoms with van der Waals surface area (Å²) < 4.78 is 13.8. The Morgan fingerprint density at radius 3 is 2.08 bits per heavy atom. The fourth-order valence-corrected chi connectivity index (χ4v) is 1.10. The van der Waals surface area contributed by atoms with E-state index in [1.54, 1.807) is 0 Å². The summed E-state index contributed by atoms with van der Waals surface area (Å²) in [4.78, 5) is 19.6. The first-order valence-corrected chi connectivity index (χ1v) is 5.82. The van der Waals surface area contributed by atoms with E-state index in [0.717, 1.165) is 0 Å². The second kappa shape index (κ2) is 10.6. The zero-order valence-corrected chi connectivity index (χ0v) is 14.9. The summed E-state index contributed by atoms with van der Waals surface area (Å²) in [6, 6.07) is 0. The van der Waals surface area contributed by atoms with Gasteiger partial charge in [-0.3, -0.25) is 0 Å². The van der Waals surface area contributed by atoms with Crippen molar-refractivity contribution in [2.75, 3.05) is 11.9 Å².